The summed E-state index contributed by atoms with van der Waals surface area (Å²) in [7, 11) is 3.13. The predicted molar refractivity (Wildman–Crippen MR) is 103 cm³/mol. The molecule has 28 heavy (non-hydrogen) atoms. The number of fused-ring (bicyclic) bond motifs is 2. The molecule has 1 aliphatic rings. The first-order valence-corrected chi connectivity index (χ1v) is 8.48. The highest BCUT2D eigenvalue weighted by Crippen LogP contribution is 2.37. The zero-order valence-corrected chi connectivity index (χ0v) is 15.4. The molecule has 0 spiro atoms. The van der Waals surface area contributed by atoms with Crippen LogP contribution in [0.4, 0.5) is 5.82 Å². The Kier molecular flexibility index (Phi) is 4.48. The molecule has 0 radical (unpaired) electrons. The highest BCUT2D eigenvalue weighted by atomic mass is 16.7. The van der Waals surface area contributed by atoms with Gasteiger partial charge in [-0.1, -0.05) is 6.07 Å². The van der Waals surface area contributed by atoms with Gasteiger partial charge in [-0.3, -0.25) is 0 Å². The monoisotopic (exact) mass is 381 g/mol. The highest BCUT2D eigenvalue weighted by Gasteiger charge is 2.17. The van der Waals surface area contributed by atoms with E-state index >= 15 is 0 Å². The zero-order valence-electron chi connectivity index (χ0n) is 15.4. The Morgan fingerprint density at radius 2 is 1.89 bits per heavy atom. The summed E-state index contributed by atoms with van der Waals surface area (Å²) in [6, 6.07) is 9.22. The first kappa shape index (κ1) is 17.7. The minimum atomic E-state index is -0.105. The normalized spacial score (nSPS) is 12.1. The van der Waals surface area contributed by atoms with Gasteiger partial charge in [-0.2, -0.15) is 4.99 Å². The molecule has 1 aromatic heterocycles. The van der Waals surface area contributed by atoms with E-state index in [1.165, 1.54) is 0 Å². The van der Waals surface area contributed by atoms with E-state index in [0.717, 1.165) is 11.3 Å². The van der Waals surface area contributed by atoms with Crippen molar-refractivity contribution in [1.82, 2.24) is 9.97 Å². The number of aromatic nitrogens is 2. The number of hydrogen-bond acceptors (Lipinski definition) is 7. The molecule has 0 fully saturated rings. The Morgan fingerprint density at radius 1 is 1.07 bits per heavy atom. The number of aliphatic imine (C=N–C) groups is 1. The number of nitrogens with two attached hydrogens (primary N) is 2. The molecule has 0 aliphatic carbocycles. The molecule has 1 aliphatic heterocycles. The van der Waals surface area contributed by atoms with E-state index in [0.29, 0.717) is 46.2 Å². The first-order valence-electron chi connectivity index (χ1n) is 8.48. The fourth-order valence-corrected chi connectivity index (χ4v) is 3.03. The Labute approximate surface area is 160 Å². The van der Waals surface area contributed by atoms with Crippen LogP contribution in [-0.2, 0) is 6.42 Å². The lowest BCUT2D eigenvalue weighted by Crippen LogP contribution is -2.22. The number of guanidine groups is 1. The molecule has 0 saturated heterocycles. The van der Waals surface area contributed by atoms with E-state index in [-0.39, 0.29) is 12.8 Å². The van der Waals surface area contributed by atoms with Gasteiger partial charge in [0.1, 0.15) is 17.3 Å². The van der Waals surface area contributed by atoms with Crippen molar-refractivity contribution in [2.45, 2.75) is 6.42 Å². The Balaban J connectivity index is 1.83. The average molecular weight is 381 g/mol. The van der Waals surface area contributed by atoms with Crippen molar-refractivity contribution < 1.29 is 18.9 Å². The smallest absolute Gasteiger partial charge is 0.231 e. The second kappa shape index (κ2) is 7.10. The molecular formula is C19H19N5O4. The minimum absolute atomic E-state index is 0.105. The molecule has 2 heterocycles. The van der Waals surface area contributed by atoms with E-state index in [1.807, 2.05) is 18.2 Å². The zero-order chi connectivity index (χ0) is 19.7. The van der Waals surface area contributed by atoms with E-state index in [4.69, 9.17) is 30.4 Å². The van der Waals surface area contributed by atoms with Crippen LogP contribution >= 0.6 is 0 Å². The van der Waals surface area contributed by atoms with Gasteiger partial charge in [0, 0.05) is 18.6 Å². The molecule has 4 N–H and O–H groups in total. The molecule has 9 nitrogen and oxygen atoms in total. The molecule has 144 valence electrons. The predicted octanol–water partition coefficient (Wildman–Crippen LogP) is 1.87. The number of rotatable bonds is 5. The Morgan fingerprint density at radius 3 is 2.64 bits per heavy atom. The van der Waals surface area contributed by atoms with Crippen LogP contribution in [0.5, 0.6) is 23.0 Å². The molecule has 0 amide bonds. The molecule has 0 saturated carbocycles. The van der Waals surface area contributed by atoms with Crippen molar-refractivity contribution >= 4 is 22.7 Å². The molecule has 3 aromatic rings. The van der Waals surface area contributed by atoms with Gasteiger partial charge in [-0.15, -0.1) is 0 Å². The van der Waals surface area contributed by atoms with Crippen LogP contribution in [0, 0.1) is 0 Å². The van der Waals surface area contributed by atoms with Crippen LogP contribution in [0.2, 0.25) is 0 Å². The SMILES string of the molecule is COc1cc(OC)c2c(N=C(N)N)nc(Cc3ccc4c(c3)OCO4)nc2c1. The van der Waals surface area contributed by atoms with Gasteiger partial charge in [0.05, 0.1) is 25.1 Å². The summed E-state index contributed by atoms with van der Waals surface area (Å²) in [4.78, 5) is 13.4. The minimum Gasteiger partial charge on any atom is -0.497 e. The molecule has 0 unspecified atom stereocenters. The quantitative estimate of drug-likeness (QED) is 0.506. The molecule has 0 atom stereocenters. The fraction of sp³-hybridized carbons (Fsp3) is 0.211. The highest BCUT2D eigenvalue weighted by molar-refractivity contribution is 5.96. The molecule has 4 rings (SSSR count). The van der Waals surface area contributed by atoms with Crippen molar-refractivity contribution in [2.24, 2.45) is 16.5 Å². The number of hydrogen-bond donors (Lipinski definition) is 2. The van der Waals surface area contributed by atoms with Crippen molar-refractivity contribution in [1.29, 1.82) is 0 Å². The first-order chi connectivity index (χ1) is 13.6. The summed E-state index contributed by atoms with van der Waals surface area (Å²) in [5.74, 6) is 3.32. The average Bonchev–Trinajstić information content (AvgIpc) is 3.14. The Bertz CT molecular complexity index is 1080. The van der Waals surface area contributed by atoms with Gasteiger partial charge in [0.15, 0.2) is 23.3 Å². The van der Waals surface area contributed by atoms with Crippen LogP contribution in [-0.4, -0.2) is 36.9 Å². The number of ether oxygens (including phenoxy) is 4. The van der Waals surface area contributed by atoms with Crippen molar-refractivity contribution in [3.05, 3.63) is 41.7 Å². The third-order valence-corrected chi connectivity index (χ3v) is 4.25. The maximum absolute atomic E-state index is 5.60. The number of methoxy groups -OCH3 is 2. The largest absolute Gasteiger partial charge is 0.497 e. The van der Waals surface area contributed by atoms with Gasteiger partial charge >= 0.3 is 0 Å². The van der Waals surface area contributed by atoms with Crippen LogP contribution in [0.3, 0.4) is 0 Å². The van der Waals surface area contributed by atoms with Crippen molar-refractivity contribution in [2.75, 3.05) is 21.0 Å². The second-order valence-electron chi connectivity index (χ2n) is 6.09. The standard InChI is InChI=1S/C19H19N5O4/c1-25-11-7-12-17(15(8-11)26-2)18(24-19(20)21)23-16(22-12)6-10-3-4-13-14(5-10)28-9-27-13/h3-5,7-8H,6,9H2,1-2H3,(H4,20,21,22,23,24). The number of nitrogens with zero attached hydrogens (tertiary/aromatic N) is 3. The van der Waals surface area contributed by atoms with Crippen LogP contribution in [0.1, 0.15) is 11.4 Å². The molecule has 2 aromatic carbocycles. The third-order valence-electron chi connectivity index (χ3n) is 4.25. The van der Waals surface area contributed by atoms with Gasteiger partial charge in [0.25, 0.3) is 0 Å². The van der Waals surface area contributed by atoms with Crippen LogP contribution in [0.15, 0.2) is 35.3 Å². The third kappa shape index (κ3) is 3.29. The summed E-state index contributed by atoms with van der Waals surface area (Å²) in [6.07, 6.45) is 0.457. The van der Waals surface area contributed by atoms with E-state index < -0.39 is 0 Å². The topological polar surface area (TPSA) is 127 Å². The van der Waals surface area contributed by atoms with Crippen LogP contribution in [0.25, 0.3) is 10.9 Å². The number of benzene rings is 2. The van der Waals surface area contributed by atoms with Crippen molar-refractivity contribution in [3.8, 4) is 23.0 Å². The van der Waals surface area contributed by atoms with E-state index in [2.05, 4.69) is 15.0 Å². The maximum Gasteiger partial charge on any atom is 0.231 e. The summed E-state index contributed by atoms with van der Waals surface area (Å²) in [5, 5.41) is 0.603. The summed E-state index contributed by atoms with van der Waals surface area (Å²) < 4.78 is 21.6. The summed E-state index contributed by atoms with van der Waals surface area (Å²) in [5.41, 5.74) is 12.8. The summed E-state index contributed by atoms with van der Waals surface area (Å²) >= 11 is 0. The van der Waals surface area contributed by atoms with Gasteiger partial charge in [0.2, 0.25) is 6.79 Å². The lowest BCUT2D eigenvalue weighted by atomic mass is 10.1. The Hall–Kier alpha value is -3.75. The van der Waals surface area contributed by atoms with Crippen LogP contribution < -0.4 is 30.4 Å². The lowest BCUT2D eigenvalue weighted by molar-refractivity contribution is 0.174. The fourth-order valence-electron chi connectivity index (χ4n) is 3.03. The van der Waals surface area contributed by atoms with Gasteiger partial charge < -0.3 is 30.4 Å². The van der Waals surface area contributed by atoms with E-state index in [1.54, 1.807) is 26.4 Å². The maximum atomic E-state index is 5.60. The van der Waals surface area contributed by atoms with Gasteiger partial charge in [-0.25, -0.2) is 9.97 Å². The second-order valence-corrected chi connectivity index (χ2v) is 6.09. The summed E-state index contributed by atoms with van der Waals surface area (Å²) in [6.45, 7) is 0.222. The van der Waals surface area contributed by atoms with E-state index in [9.17, 15) is 0 Å². The van der Waals surface area contributed by atoms with Crippen molar-refractivity contribution in [3.63, 3.8) is 0 Å². The lowest BCUT2D eigenvalue weighted by Gasteiger charge is -2.12. The molecule has 9 heteroatoms. The molecule has 0 bridgehead atoms. The molecular weight excluding hydrogens is 362 g/mol. The van der Waals surface area contributed by atoms with Gasteiger partial charge in [-0.05, 0) is 17.7 Å².